The number of aliphatic hydroxyl groups excluding tert-OH is 1. The Labute approximate surface area is 202 Å². The van der Waals surface area contributed by atoms with Gasteiger partial charge in [-0.05, 0) is 29.8 Å². The van der Waals surface area contributed by atoms with Crippen molar-refractivity contribution < 1.29 is 23.4 Å². The van der Waals surface area contributed by atoms with Gasteiger partial charge in [0.2, 0.25) is 0 Å². The molecule has 0 bridgehead atoms. The van der Waals surface area contributed by atoms with Gasteiger partial charge in [-0.1, -0.05) is 50.2 Å². The minimum absolute atomic E-state index is 0.394. The zero-order chi connectivity index (χ0) is 24.4. The Morgan fingerprint density at radius 2 is 1.77 bits per heavy atom. The van der Waals surface area contributed by atoms with E-state index in [1.807, 2.05) is 53.1 Å². The molecule has 1 aliphatic heterocycles. The molecule has 3 aromatic carbocycles. The molecule has 1 aromatic heterocycles. The van der Waals surface area contributed by atoms with Crippen molar-refractivity contribution in [1.29, 1.82) is 0 Å². The van der Waals surface area contributed by atoms with Crippen molar-refractivity contribution in [3.63, 3.8) is 0 Å². The molecule has 180 valence electrons. The van der Waals surface area contributed by atoms with E-state index in [0.29, 0.717) is 37.5 Å². The zero-order valence-corrected chi connectivity index (χ0v) is 19.7. The van der Waals surface area contributed by atoms with E-state index < -0.39 is 28.8 Å². The van der Waals surface area contributed by atoms with Crippen molar-refractivity contribution in [3.8, 4) is 11.4 Å². The lowest BCUT2D eigenvalue weighted by atomic mass is 9.67. The van der Waals surface area contributed by atoms with Gasteiger partial charge in [0.1, 0.15) is 18.0 Å². The average Bonchev–Trinajstić information content (AvgIpc) is 3.19. The molecule has 4 aromatic rings. The molecule has 2 aliphatic rings. The highest BCUT2D eigenvalue weighted by Crippen LogP contribution is 2.57. The summed E-state index contributed by atoms with van der Waals surface area (Å²) < 4.78 is 43.1. The van der Waals surface area contributed by atoms with Gasteiger partial charge < -0.3 is 19.1 Å². The second kappa shape index (κ2) is 7.90. The van der Waals surface area contributed by atoms with Gasteiger partial charge in [0, 0.05) is 46.7 Å². The van der Waals surface area contributed by atoms with Crippen molar-refractivity contribution in [1.82, 2.24) is 4.57 Å². The second-order valence-corrected chi connectivity index (χ2v) is 10.3. The van der Waals surface area contributed by atoms with Gasteiger partial charge in [0.25, 0.3) is 0 Å². The predicted octanol–water partition coefficient (Wildman–Crippen LogP) is 6.15. The van der Waals surface area contributed by atoms with Crippen LogP contribution in [-0.2, 0) is 22.4 Å². The Morgan fingerprint density at radius 1 is 1.00 bits per heavy atom. The highest BCUT2D eigenvalue weighted by molar-refractivity contribution is 5.94. The Morgan fingerprint density at radius 3 is 2.49 bits per heavy atom. The van der Waals surface area contributed by atoms with Crippen molar-refractivity contribution >= 4 is 10.9 Å². The van der Waals surface area contributed by atoms with Crippen LogP contribution in [0.3, 0.4) is 0 Å². The molecule has 0 saturated heterocycles. The third-order valence-corrected chi connectivity index (χ3v) is 7.29. The van der Waals surface area contributed by atoms with Crippen LogP contribution in [-0.4, -0.2) is 22.4 Å². The third-order valence-electron chi connectivity index (χ3n) is 7.29. The smallest absolute Gasteiger partial charge is 0.160 e. The van der Waals surface area contributed by atoms with Crippen LogP contribution in [0.2, 0.25) is 0 Å². The molecule has 1 N–H and O–H groups in total. The van der Waals surface area contributed by atoms with Gasteiger partial charge in [-0.3, -0.25) is 0 Å². The van der Waals surface area contributed by atoms with E-state index in [1.165, 1.54) is 6.07 Å². The first-order valence-corrected chi connectivity index (χ1v) is 11.9. The number of aliphatic hydroxyl groups is 1. The van der Waals surface area contributed by atoms with E-state index in [4.69, 9.17) is 9.47 Å². The summed E-state index contributed by atoms with van der Waals surface area (Å²) >= 11 is 0. The van der Waals surface area contributed by atoms with Crippen molar-refractivity contribution in [2.75, 3.05) is 6.61 Å². The van der Waals surface area contributed by atoms with Crippen LogP contribution < -0.4 is 4.74 Å². The largest absolute Gasteiger partial charge is 0.488 e. The Hall–Kier alpha value is -3.22. The lowest BCUT2D eigenvalue weighted by Crippen LogP contribution is -2.53. The minimum Gasteiger partial charge on any atom is -0.488 e. The number of hydrogen-bond donors (Lipinski definition) is 1. The molecule has 1 saturated carbocycles. The summed E-state index contributed by atoms with van der Waals surface area (Å²) in [4.78, 5) is 0. The fraction of sp³-hybridized carbons (Fsp3) is 0.310. The SMILES string of the molecule is CC1(C)COC2(CC(O)C2)c2c1n(-c1ccc(F)c(F)c1)c1cccc(OCc3ccccc3)c21. The maximum Gasteiger partial charge on any atom is 0.160 e. The van der Waals surface area contributed by atoms with Crippen LogP contribution in [0.15, 0.2) is 66.7 Å². The zero-order valence-electron chi connectivity index (χ0n) is 19.7. The molecule has 6 rings (SSSR count). The molecular formula is C29H27F2NO3. The van der Waals surface area contributed by atoms with Crippen molar-refractivity contribution in [3.05, 3.63) is 95.2 Å². The molecule has 1 spiro atoms. The number of aromatic nitrogens is 1. The lowest BCUT2D eigenvalue weighted by molar-refractivity contribution is -0.180. The Kier molecular flexibility index (Phi) is 5.02. The Balaban J connectivity index is 1.62. The highest BCUT2D eigenvalue weighted by Gasteiger charge is 2.55. The monoisotopic (exact) mass is 475 g/mol. The van der Waals surface area contributed by atoms with Gasteiger partial charge in [0.05, 0.1) is 18.2 Å². The van der Waals surface area contributed by atoms with Crippen LogP contribution in [0.4, 0.5) is 8.78 Å². The van der Waals surface area contributed by atoms with Crippen molar-refractivity contribution in [2.24, 2.45) is 0 Å². The number of ether oxygens (including phenoxy) is 2. The normalized spacial score (nSPS) is 22.7. The van der Waals surface area contributed by atoms with Crippen LogP contribution in [0.25, 0.3) is 16.6 Å². The summed E-state index contributed by atoms with van der Waals surface area (Å²) in [6, 6.07) is 19.8. The summed E-state index contributed by atoms with van der Waals surface area (Å²) in [6.45, 7) is 5.03. The maximum atomic E-state index is 14.4. The summed E-state index contributed by atoms with van der Waals surface area (Å²) in [5, 5.41) is 11.2. The Bertz CT molecular complexity index is 1420. The third kappa shape index (κ3) is 3.46. The lowest BCUT2D eigenvalue weighted by Gasteiger charge is -2.51. The van der Waals surface area contributed by atoms with Gasteiger partial charge in [-0.15, -0.1) is 0 Å². The molecule has 0 atom stereocenters. The number of rotatable bonds is 4. The second-order valence-electron chi connectivity index (χ2n) is 10.3. The summed E-state index contributed by atoms with van der Waals surface area (Å²) in [5.41, 5.74) is 3.32. The highest BCUT2D eigenvalue weighted by atomic mass is 19.2. The quantitative estimate of drug-likeness (QED) is 0.385. The van der Waals surface area contributed by atoms with Gasteiger partial charge in [0.15, 0.2) is 11.6 Å². The minimum atomic E-state index is -0.895. The molecular weight excluding hydrogens is 448 g/mol. The molecule has 6 heteroatoms. The van der Waals surface area contributed by atoms with Gasteiger partial charge in [-0.25, -0.2) is 8.78 Å². The van der Waals surface area contributed by atoms with Crippen LogP contribution in [0.1, 0.15) is 43.5 Å². The molecule has 1 fully saturated rings. The number of halogens is 2. The number of hydrogen-bond acceptors (Lipinski definition) is 3. The fourth-order valence-corrected chi connectivity index (χ4v) is 5.62. The predicted molar refractivity (Wildman–Crippen MR) is 130 cm³/mol. The molecule has 4 nitrogen and oxygen atoms in total. The van der Waals surface area contributed by atoms with E-state index in [-0.39, 0.29) is 0 Å². The molecule has 0 amide bonds. The topological polar surface area (TPSA) is 43.6 Å². The van der Waals surface area contributed by atoms with Gasteiger partial charge in [-0.2, -0.15) is 0 Å². The molecule has 0 unspecified atom stereocenters. The van der Waals surface area contributed by atoms with Crippen LogP contribution in [0, 0.1) is 11.6 Å². The van der Waals surface area contributed by atoms with E-state index >= 15 is 0 Å². The first-order valence-electron chi connectivity index (χ1n) is 11.9. The average molecular weight is 476 g/mol. The number of fused-ring (bicyclic) bond motifs is 4. The van der Waals surface area contributed by atoms with E-state index in [1.54, 1.807) is 6.07 Å². The van der Waals surface area contributed by atoms with Gasteiger partial charge >= 0.3 is 0 Å². The molecule has 2 heterocycles. The summed E-state index contributed by atoms with van der Waals surface area (Å²) in [7, 11) is 0. The van der Waals surface area contributed by atoms with Crippen molar-refractivity contribution in [2.45, 2.75) is 50.4 Å². The van der Waals surface area contributed by atoms with Crippen LogP contribution >= 0.6 is 0 Å². The maximum absolute atomic E-state index is 14.4. The first-order chi connectivity index (χ1) is 16.8. The number of nitrogens with zero attached hydrogens (tertiary/aromatic N) is 1. The molecule has 0 radical (unpaired) electrons. The van der Waals surface area contributed by atoms with Crippen LogP contribution in [0.5, 0.6) is 5.75 Å². The van der Waals surface area contributed by atoms with E-state index in [9.17, 15) is 13.9 Å². The summed E-state index contributed by atoms with van der Waals surface area (Å²) in [6.07, 6.45) is 0.531. The fourth-order valence-electron chi connectivity index (χ4n) is 5.62. The summed E-state index contributed by atoms with van der Waals surface area (Å²) in [5.74, 6) is -1.08. The molecule has 1 aliphatic carbocycles. The standard InChI is InChI=1S/C29H27F2NO3/c1-28(2)17-35-29(14-20(33)15-29)26-25-23(32(27(26)28)19-11-12-21(30)22(31)13-19)9-6-10-24(25)34-16-18-7-4-3-5-8-18/h3-13,20,33H,14-17H2,1-2H3. The molecule has 35 heavy (non-hydrogen) atoms. The van der Waals surface area contributed by atoms with E-state index in [0.717, 1.165) is 33.8 Å². The number of benzene rings is 3. The van der Waals surface area contributed by atoms with E-state index in [2.05, 4.69) is 13.8 Å². The first kappa shape index (κ1) is 22.3.